The second kappa shape index (κ2) is 8.16. The van der Waals surface area contributed by atoms with Gasteiger partial charge in [-0.15, -0.1) is 11.3 Å². The van der Waals surface area contributed by atoms with E-state index in [2.05, 4.69) is 4.98 Å². The summed E-state index contributed by atoms with van der Waals surface area (Å²) in [6.45, 7) is 3.97. The first-order chi connectivity index (χ1) is 14.9. The number of benzene rings is 2. The number of imidazole rings is 1. The Morgan fingerprint density at radius 2 is 2.00 bits per heavy atom. The number of carbonyl (C=O) groups is 1. The number of ketones is 1. The Hall–Kier alpha value is -3.78. The first-order valence-corrected chi connectivity index (χ1v) is 10.3. The smallest absolute Gasteiger partial charge is 0.311 e. The van der Waals surface area contributed by atoms with E-state index in [1.807, 2.05) is 42.0 Å². The van der Waals surface area contributed by atoms with Crippen molar-refractivity contribution in [3.05, 3.63) is 86.5 Å². The molecule has 2 aromatic heterocycles. The van der Waals surface area contributed by atoms with Crippen LogP contribution in [-0.4, -0.2) is 27.2 Å². The predicted octanol–water partition coefficient (Wildman–Crippen LogP) is 5.49. The number of nitrogens with zero attached hydrogens (tertiary/aromatic N) is 3. The quantitative estimate of drug-likeness (QED) is 0.174. The van der Waals surface area contributed by atoms with E-state index in [0.717, 1.165) is 16.1 Å². The molecule has 31 heavy (non-hydrogen) atoms. The molecule has 156 valence electrons. The van der Waals surface area contributed by atoms with E-state index in [1.165, 1.54) is 30.6 Å². The van der Waals surface area contributed by atoms with Gasteiger partial charge in [0.25, 0.3) is 0 Å². The maximum absolute atomic E-state index is 12.7. The number of hydrogen-bond donors (Lipinski definition) is 0. The minimum Gasteiger partial charge on any atom is -0.490 e. The van der Waals surface area contributed by atoms with Crippen LogP contribution < -0.4 is 4.74 Å². The lowest BCUT2D eigenvalue weighted by molar-refractivity contribution is -0.385. The number of nitro groups is 1. The van der Waals surface area contributed by atoms with Crippen molar-refractivity contribution in [2.75, 3.05) is 7.11 Å². The van der Waals surface area contributed by atoms with Crippen LogP contribution >= 0.6 is 11.3 Å². The average Bonchev–Trinajstić information content (AvgIpc) is 3.35. The number of thiazole rings is 1. The maximum atomic E-state index is 12.7. The van der Waals surface area contributed by atoms with Crippen LogP contribution in [-0.2, 0) is 0 Å². The van der Waals surface area contributed by atoms with Crippen LogP contribution in [0.2, 0.25) is 0 Å². The minimum absolute atomic E-state index is 0.125. The highest BCUT2D eigenvalue weighted by atomic mass is 32.1. The molecule has 4 rings (SSSR count). The zero-order chi connectivity index (χ0) is 22.1. The van der Waals surface area contributed by atoms with Gasteiger partial charge in [-0.25, -0.2) is 4.98 Å². The number of carbonyl (C=O) groups excluding carboxylic acids is 1. The molecule has 0 saturated carbocycles. The highest BCUT2D eigenvalue weighted by Gasteiger charge is 2.20. The lowest BCUT2D eigenvalue weighted by Gasteiger charge is -2.05. The molecular weight excluding hydrogens is 414 g/mol. The second-order valence-corrected chi connectivity index (χ2v) is 7.91. The van der Waals surface area contributed by atoms with Crippen LogP contribution in [0.15, 0.2) is 54.1 Å². The number of rotatable bonds is 6. The molecule has 8 heteroatoms. The zero-order valence-electron chi connectivity index (χ0n) is 17.2. The molecule has 0 spiro atoms. The Morgan fingerprint density at radius 1 is 1.19 bits per heavy atom. The van der Waals surface area contributed by atoms with E-state index in [0.29, 0.717) is 22.5 Å². The second-order valence-electron chi connectivity index (χ2n) is 7.04. The third-order valence-corrected chi connectivity index (χ3v) is 5.89. The number of ether oxygens (including phenoxy) is 1. The van der Waals surface area contributed by atoms with E-state index in [4.69, 9.17) is 4.74 Å². The normalized spacial score (nSPS) is 11.3. The van der Waals surface area contributed by atoms with Gasteiger partial charge in [0.1, 0.15) is 0 Å². The van der Waals surface area contributed by atoms with Gasteiger partial charge in [-0.05, 0) is 55.3 Å². The molecule has 0 aliphatic heterocycles. The number of fused-ring (bicyclic) bond motifs is 1. The molecule has 0 fully saturated rings. The van der Waals surface area contributed by atoms with Crippen LogP contribution in [0, 0.1) is 24.0 Å². The van der Waals surface area contributed by atoms with E-state index >= 15 is 0 Å². The van der Waals surface area contributed by atoms with Crippen molar-refractivity contribution < 1.29 is 14.5 Å². The van der Waals surface area contributed by atoms with Gasteiger partial charge < -0.3 is 4.74 Å². The molecule has 0 saturated heterocycles. The summed E-state index contributed by atoms with van der Waals surface area (Å²) in [7, 11) is 1.39. The standard InChI is InChI=1S/C23H19N3O4S/c1-14-4-5-16(12-15(14)2)20(27)8-7-18-22(24-23-25(18)10-11-31-23)17-6-9-21(30-3)19(13-17)26(28)29/h4-13H,1-3H3/b8-7+. The fourth-order valence-corrected chi connectivity index (χ4v) is 4.02. The third kappa shape index (κ3) is 3.85. The Labute approximate surface area is 182 Å². The van der Waals surface area contributed by atoms with Crippen LogP contribution in [0.5, 0.6) is 5.75 Å². The Bertz CT molecular complexity index is 1350. The van der Waals surface area contributed by atoms with Crippen molar-refractivity contribution in [2.24, 2.45) is 0 Å². The van der Waals surface area contributed by atoms with Crippen molar-refractivity contribution in [1.82, 2.24) is 9.38 Å². The number of aryl methyl sites for hydroxylation is 2. The minimum atomic E-state index is -0.487. The summed E-state index contributed by atoms with van der Waals surface area (Å²) in [5, 5.41) is 13.3. The molecule has 0 atom stereocenters. The number of methoxy groups -OCH3 is 1. The van der Waals surface area contributed by atoms with Crippen molar-refractivity contribution in [1.29, 1.82) is 0 Å². The SMILES string of the molecule is COc1ccc(-c2nc3sccn3c2/C=C/C(=O)c2ccc(C)c(C)c2)cc1[N+](=O)[O-]. The Morgan fingerprint density at radius 3 is 2.71 bits per heavy atom. The highest BCUT2D eigenvalue weighted by molar-refractivity contribution is 7.15. The molecule has 0 N–H and O–H groups in total. The maximum Gasteiger partial charge on any atom is 0.311 e. The first-order valence-electron chi connectivity index (χ1n) is 9.47. The molecule has 0 radical (unpaired) electrons. The summed E-state index contributed by atoms with van der Waals surface area (Å²) in [6.07, 6.45) is 5.07. The van der Waals surface area contributed by atoms with E-state index in [1.54, 1.807) is 24.3 Å². The van der Waals surface area contributed by atoms with Gasteiger partial charge in [-0.1, -0.05) is 12.1 Å². The van der Waals surface area contributed by atoms with Gasteiger partial charge in [0.2, 0.25) is 0 Å². The largest absolute Gasteiger partial charge is 0.490 e. The Balaban J connectivity index is 1.78. The molecule has 2 aromatic carbocycles. The molecule has 0 aliphatic carbocycles. The van der Waals surface area contributed by atoms with Crippen molar-refractivity contribution >= 4 is 33.8 Å². The van der Waals surface area contributed by atoms with E-state index < -0.39 is 4.92 Å². The monoisotopic (exact) mass is 433 g/mol. The summed E-state index contributed by atoms with van der Waals surface area (Å²) in [5.41, 5.74) is 4.44. The summed E-state index contributed by atoms with van der Waals surface area (Å²) < 4.78 is 6.96. The highest BCUT2D eigenvalue weighted by Crippen LogP contribution is 2.34. The lowest BCUT2D eigenvalue weighted by atomic mass is 10.0. The summed E-state index contributed by atoms with van der Waals surface area (Å²) >= 11 is 1.44. The average molecular weight is 433 g/mol. The summed E-state index contributed by atoms with van der Waals surface area (Å²) in [6, 6.07) is 10.3. The van der Waals surface area contributed by atoms with Crippen LogP contribution in [0.25, 0.3) is 22.3 Å². The van der Waals surface area contributed by atoms with Crippen LogP contribution in [0.1, 0.15) is 27.2 Å². The molecule has 7 nitrogen and oxygen atoms in total. The molecule has 2 heterocycles. The molecule has 0 amide bonds. The van der Waals surface area contributed by atoms with Crippen LogP contribution in [0.3, 0.4) is 0 Å². The fraction of sp³-hybridized carbons (Fsp3) is 0.130. The van der Waals surface area contributed by atoms with Gasteiger partial charge in [0.15, 0.2) is 16.5 Å². The topological polar surface area (TPSA) is 86.7 Å². The van der Waals surface area contributed by atoms with Gasteiger partial charge >= 0.3 is 5.69 Å². The Kier molecular flexibility index (Phi) is 5.39. The van der Waals surface area contributed by atoms with Crippen molar-refractivity contribution in [3.8, 4) is 17.0 Å². The van der Waals surface area contributed by atoms with Crippen molar-refractivity contribution in [2.45, 2.75) is 13.8 Å². The van der Waals surface area contributed by atoms with Crippen LogP contribution in [0.4, 0.5) is 5.69 Å². The van der Waals surface area contributed by atoms with Gasteiger partial charge in [-0.2, -0.15) is 0 Å². The predicted molar refractivity (Wildman–Crippen MR) is 121 cm³/mol. The van der Waals surface area contributed by atoms with Crippen molar-refractivity contribution in [3.63, 3.8) is 0 Å². The number of hydrogen-bond acceptors (Lipinski definition) is 6. The molecule has 4 aromatic rings. The molecule has 0 aliphatic rings. The molecule has 0 bridgehead atoms. The number of nitro benzene ring substituents is 1. The number of aromatic nitrogens is 2. The fourth-order valence-electron chi connectivity index (χ4n) is 3.30. The number of allylic oxidation sites excluding steroid dienone is 1. The lowest BCUT2D eigenvalue weighted by Crippen LogP contribution is -1.97. The third-order valence-electron chi connectivity index (χ3n) is 5.13. The van der Waals surface area contributed by atoms with E-state index in [9.17, 15) is 14.9 Å². The summed E-state index contributed by atoms with van der Waals surface area (Å²) in [5.74, 6) is 0.0525. The van der Waals surface area contributed by atoms with Gasteiger partial charge in [0, 0.05) is 28.8 Å². The van der Waals surface area contributed by atoms with Gasteiger partial charge in [0.05, 0.1) is 23.4 Å². The van der Waals surface area contributed by atoms with Gasteiger partial charge in [-0.3, -0.25) is 19.3 Å². The summed E-state index contributed by atoms with van der Waals surface area (Å²) in [4.78, 5) is 29.0. The molecular formula is C23H19N3O4S. The zero-order valence-corrected chi connectivity index (χ0v) is 18.0. The van der Waals surface area contributed by atoms with E-state index in [-0.39, 0.29) is 17.2 Å². The molecule has 0 unspecified atom stereocenters. The first kappa shape index (κ1) is 20.5.